The van der Waals surface area contributed by atoms with Gasteiger partial charge in [-0.3, -0.25) is 33.6 Å². The van der Waals surface area contributed by atoms with Crippen molar-refractivity contribution in [1.29, 1.82) is 0 Å². The third kappa shape index (κ3) is 14.7. The number of ketones is 2. The molecule has 0 bridgehead atoms. The molecule has 2 aliphatic rings. The van der Waals surface area contributed by atoms with Crippen LogP contribution in [0.3, 0.4) is 0 Å². The van der Waals surface area contributed by atoms with Crippen LogP contribution in [0.15, 0.2) is 97.3 Å². The minimum atomic E-state index is -1.21. The Labute approximate surface area is 416 Å². The number of carbonyl (C=O) groups excluding carboxylic acids is 6. The van der Waals surface area contributed by atoms with Crippen molar-refractivity contribution in [2.45, 2.75) is 117 Å². The fourth-order valence-electron chi connectivity index (χ4n) is 8.81. The van der Waals surface area contributed by atoms with Crippen LogP contribution in [0.4, 0.5) is 0 Å². The number of hydrogen-bond acceptors (Lipinski definition) is 11. The van der Waals surface area contributed by atoms with Crippen LogP contribution in [-0.4, -0.2) is 71.4 Å². The zero-order valence-corrected chi connectivity index (χ0v) is 41.4. The van der Waals surface area contributed by atoms with E-state index in [1.807, 2.05) is 39.0 Å². The SMILES string of the molecule is CC(=O)NCCCC[C@H](NC(=O)CNC(=O)[C@H](CC(C)C)NC(=O)CCCCCCC(=O)c1ccc(-c2c3ccc(=O)cc-3oc3cc(C)ccc23)c(C(=O)O)c1)C(=O)Cc1ccc2c(C)cc(=O)oc2c1. The number of aryl methyl sites for hydroxylation is 2. The van der Waals surface area contributed by atoms with E-state index in [1.54, 1.807) is 43.3 Å². The maximum atomic E-state index is 13.6. The number of hydrogen-bond donors (Lipinski definition) is 5. The van der Waals surface area contributed by atoms with Crippen molar-refractivity contribution in [3.63, 3.8) is 0 Å². The van der Waals surface area contributed by atoms with Crippen molar-refractivity contribution in [2.75, 3.05) is 13.1 Å². The Balaban J connectivity index is 0.982. The van der Waals surface area contributed by atoms with E-state index in [4.69, 9.17) is 8.83 Å². The van der Waals surface area contributed by atoms with Crippen molar-refractivity contribution in [3.05, 3.63) is 127 Å². The summed E-state index contributed by atoms with van der Waals surface area (Å²) in [6, 6.07) is 19.3. The largest absolute Gasteiger partial charge is 0.478 e. The molecule has 0 spiro atoms. The summed E-state index contributed by atoms with van der Waals surface area (Å²) in [6.45, 7) is 8.86. The molecule has 3 aromatic carbocycles. The van der Waals surface area contributed by atoms with Crippen LogP contribution in [-0.2, 0) is 30.4 Å². The van der Waals surface area contributed by atoms with Crippen LogP contribution >= 0.6 is 0 Å². The first-order valence-electron chi connectivity index (χ1n) is 24.4. The minimum absolute atomic E-state index is 0.0216. The van der Waals surface area contributed by atoms with Gasteiger partial charge in [0.2, 0.25) is 23.6 Å². The quantitative estimate of drug-likeness (QED) is 0.0160. The summed E-state index contributed by atoms with van der Waals surface area (Å²) in [5.41, 5.74) is 4.05. The van der Waals surface area contributed by atoms with Crippen LogP contribution < -0.4 is 32.3 Å². The van der Waals surface area contributed by atoms with E-state index in [-0.39, 0.29) is 71.5 Å². The Hall–Kier alpha value is -7.75. The van der Waals surface area contributed by atoms with Crippen molar-refractivity contribution in [2.24, 2.45) is 5.92 Å². The van der Waals surface area contributed by atoms with E-state index in [1.165, 1.54) is 31.2 Å². The lowest BCUT2D eigenvalue weighted by Crippen LogP contribution is -2.51. The van der Waals surface area contributed by atoms with E-state index in [2.05, 4.69) is 21.3 Å². The first kappa shape index (κ1) is 53.6. The molecule has 1 aliphatic carbocycles. The molecule has 6 rings (SSSR count). The van der Waals surface area contributed by atoms with Gasteiger partial charge in [-0.2, -0.15) is 0 Å². The van der Waals surface area contributed by atoms with Crippen LogP contribution in [0.5, 0.6) is 0 Å². The molecule has 4 amide bonds. The number of rotatable bonds is 25. The molecule has 2 heterocycles. The van der Waals surface area contributed by atoms with Gasteiger partial charge >= 0.3 is 11.6 Å². The van der Waals surface area contributed by atoms with Crippen LogP contribution in [0.2, 0.25) is 0 Å². The lowest BCUT2D eigenvalue weighted by Gasteiger charge is -2.21. The van der Waals surface area contributed by atoms with E-state index in [0.717, 1.165) is 16.5 Å². The van der Waals surface area contributed by atoms with Gasteiger partial charge in [-0.1, -0.05) is 63.1 Å². The van der Waals surface area contributed by atoms with Crippen molar-refractivity contribution in [3.8, 4) is 22.5 Å². The second kappa shape index (κ2) is 24.9. The molecule has 72 heavy (non-hydrogen) atoms. The van der Waals surface area contributed by atoms with Gasteiger partial charge in [-0.15, -0.1) is 0 Å². The lowest BCUT2D eigenvalue weighted by atomic mass is 9.89. The average molecular weight is 983 g/mol. The molecule has 0 radical (unpaired) electrons. The highest BCUT2D eigenvalue weighted by molar-refractivity contribution is 6.09. The molecule has 5 N–H and O–H groups in total. The Bertz CT molecular complexity index is 3100. The molecule has 4 aromatic rings. The number of carboxylic acids is 1. The monoisotopic (exact) mass is 982 g/mol. The first-order valence-corrected chi connectivity index (χ1v) is 24.4. The van der Waals surface area contributed by atoms with Gasteiger partial charge < -0.3 is 35.2 Å². The highest BCUT2D eigenvalue weighted by Crippen LogP contribution is 2.41. The van der Waals surface area contributed by atoms with Crippen LogP contribution in [0.1, 0.15) is 122 Å². The Kier molecular flexibility index (Phi) is 18.5. The average Bonchev–Trinajstić information content (AvgIpc) is 3.32. The molecule has 16 heteroatoms. The standard InChI is InChI=1S/C56H62N4O12/c1-32(2)24-45(55(68)58-31-52(66)59-44(12-10-11-23-57-35(5)61)47(64)27-36-16-20-39-34(4)26-53(67)72-49(39)28-36)60-51(65)14-9-7-6-8-13-46(63)37-17-21-40(43(29-37)56(69)70)54-41-19-15-33(3)25-48(41)71-50-30-38(62)18-22-42(50)54/h15-22,25-26,28-30,32,44-45H,6-14,23-24,27,31H2,1-5H3,(H,57,61)(H,58,68)(H,59,66)(H,60,65)(H,69,70)/t44-,45-/m0/s1. The summed E-state index contributed by atoms with van der Waals surface area (Å²) in [4.78, 5) is 115. The third-order valence-electron chi connectivity index (χ3n) is 12.4. The number of benzene rings is 4. The topological polar surface area (TPSA) is 248 Å². The smallest absolute Gasteiger partial charge is 0.336 e. The zero-order chi connectivity index (χ0) is 52.1. The third-order valence-corrected chi connectivity index (χ3v) is 12.4. The Morgan fingerprint density at radius 3 is 2.11 bits per heavy atom. The molecule has 2 atom stereocenters. The second-order valence-electron chi connectivity index (χ2n) is 18.8. The number of amides is 4. The minimum Gasteiger partial charge on any atom is -0.478 e. The predicted octanol–water partition coefficient (Wildman–Crippen LogP) is 7.76. The van der Waals surface area contributed by atoms with Gasteiger partial charge in [0.15, 0.2) is 17.0 Å². The van der Waals surface area contributed by atoms with Crippen molar-refractivity contribution in [1.82, 2.24) is 21.3 Å². The summed E-state index contributed by atoms with van der Waals surface area (Å²) in [5, 5.41) is 22.6. The van der Waals surface area contributed by atoms with Crippen molar-refractivity contribution < 1.29 is 47.5 Å². The summed E-state index contributed by atoms with van der Waals surface area (Å²) >= 11 is 0. The predicted molar refractivity (Wildman–Crippen MR) is 273 cm³/mol. The lowest BCUT2D eigenvalue weighted by molar-refractivity contribution is -0.131. The fraction of sp³-hybridized carbons (Fsp3) is 0.375. The molecule has 378 valence electrons. The number of Topliss-reactive ketones (excluding diaryl/α,β-unsaturated/α-hetero) is 2. The Morgan fingerprint density at radius 2 is 1.38 bits per heavy atom. The second-order valence-corrected chi connectivity index (χ2v) is 18.8. The molecule has 0 saturated carbocycles. The maximum Gasteiger partial charge on any atom is 0.336 e. The molecular weight excluding hydrogens is 921 g/mol. The Morgan fingerprint density at radius 1 is 0.667 bits per heavy atom. The number of fused-ring (bicyclic) bond motifs is 3. The van der Waals surface area contributed by atoms with Crippen molar-refractivity contribution >= 4 is 63.1 Å². The summed E-state index contributed by atoms with van der Waals surface area (Å²) < 4.78 is 11.4. The highest BCUT2D eigenvalue weighted by atomic mass is 16.4. The molecule has 1 aromatic heterocycles. The molecule has 1 aliphatic heterocycles. The highest BCUT2D eigenvalue weighted by Gasteiger charge is 2.26. The number of carboxylic acid groups (broad SMARTS) is 1. The molecule has 0 fully saturated rings. The van der Waals surface area contributed by atoms with Gasteiger partial charge in [0.25, 0.3) is 0 Å². The fourth-order valence-corrected chi connectivity index (χ4v) is 8.81. The molecule has 16 nitrogen and oxygen atoms in total. The number of aromatic carboxylic acids is 1. The van der Waals surface area contributed by atoms with E-state index in [0.29, 0.717) is 96.1 Å². The van der Waals surface area contributed by atoms with E-state index < -0.39 is 42.0 Å². The van der Waals surface area contributed by atoms with Gasteiger partial charge in [0, 0.05) is 72.3 Å². The molecule has 0 saturated heterocycles. The normalized spacial score (nSPS) is 12.1. The summed E-state index contributed by atoms with van der Waals surface area (Å²) in [7, 11) is 0. The van der Waals surface area contributed by atoms with E-state index in [9.17, 15) is 48.3 Å². The number of carbonyl (C=O) groups is 7. The van der Waals surface area contributed by atoms with E-state index >= 15 is 0 Å². The summed E-state index contributed by atoms with van der Waals surface area (Å²) in [5.74, 6) is -3.06. The maximum absolute atomic E-state index is 13.6. The van der Waals surface area contributed by atoms with Gasteiger partial charge in [0.05, 0.1) is 18.2 Å². The first-order chi connectivity index (χ1) is 34.4. The summed E-state index contributed by atoms with van der Waals surface area (Å²) in [6.07, 6.45) is 4.13. The molecule has 0 unspecified atom stereocenters. The molecular formula is C56H62N4O12. The van der Waals surface area contributed by atoms with Gasteiger partial charge in [-0.05, 0) is 111 Å². The van der Waals surface area contributed by atoms with Crippen LogP contribution in [0.25, 0.3) is 44.4 Å². The number of unbranched alkanes of at least 4 members (excludes halogenated alkanes) is 4. The van der Waals surface area contributed by atoms with Crippen LogP contribution in [0, 0.1) is 19.8 Å². The number of nitrogens with one attached hydrogen (secondary N) is 4. The van der Waals surface area contributed by atoms with Gasteiger partial charge in [0.1, 0.15) is 23.0 Å². The van der Waals surface area contributed by atoms with Gasteiger partial charge in [-0.25, -0.2) is 9.59 Å². The zero-order valence-electron chi connectivity index (χ0n) is 41.4.